The summed E-state index contributed by atoms with van der Waals surface area (Å²) in [7, 11) is 0. The zero-order valence-corrected chi connectivity index (χ0v) is 15.7. The highest BCUT2D eigenvalue weighted by Gasteiger charge is 2.04. The number of hydrogen-bond donors (Lipinski definition) is 1. The first-order valence-corrected chi connectivity index (χ1v) is 9.24. The van der Waals surface area contributed by atoms with Crippen LogP contribution in [-0.2, 0) is 33.3 Å². The molecule has 0 heterocycles. The Morgan fingerprint density at radius 1 is 0.654 bits per heavy atom. The predicted molar refractivity (Wildman–Crippen MR) is 93.8 cm³/mol. The monoisotopic (exact) mass is 376 g/mol. The summed E-state index contributed by atoms with van der Waals surface area (Å²) in [5.41, 5.74) is 0. The van der Waals surface area contributed by atoms with Crippen LogP contribution in [0.15, 0.2) is 0 Å². The SMILES string of the molecule is CCCCCC(=O)OCCOCCOCCOC(=O)CCCCC(=O)O. The van der Waals surface area contributed by atoms with Crippen molar-refractivity contribution >= 4 is 17.9 Å². The van der Waals surface area contributed by atoms with Crippen molar-refractivity contribution < 1.29 is 38.4 Å². The van der Waals surface area contributed by atoms with Crippen LogP contribution in [0.3, 0.4) is 0 Å². The predicted octanol–water partition coefficient (Wildman–Crippen LogP) is 2.33. The largest absolute Gasteiger partial charge is 0.481 e. The van der Waals surface area contributed by atoms with Gasteiger partial charge in [-0.25, -0.2) is 0 Å². The Hall–Kier alpha value is -1.67. The summed E-state index contributed by atoms with van der Waals surface area (Å²) in [5, 5.41) is 8.47. The van der Waals surface area contributed by atoms with Gasteiger partial charge in [0.25, 0.3) is 0 Å². The van der Waals surface area contributed by atoms with Gasteiger partial charge in [0.15, 0.2) is 0 Å². The Balaban J connectivity index is 3.24. The van der Waals surface area contributed by atoms with Crippen LogP contribution in [0.25, 0.3) is 0 Å². The summed E-state index contributed by atoms with van der Waals surface area (Å²) in [6.45, 7) is 3.82. The molecule has 0 aliphatic heterocycles. The van der Waals surface area contributed by atoms with Crippen molar-refractivity contribution in [2.45, 2.75) is 58.3 Å². The van der Waals surface area contributed by atoms with Crippen LogP contribution in [0.1, 0.15) is 58.3 Å². The van der Waals surface area contributed by atoms with Crippen molar-refractivity contribution in [3.05, 3.63) is 0 Å². The molecule has 0 unspecified atom stereocenters. The van der Waals surface area contributed by atoms with Crippen molar-refractivity contribution in [1.82, 2.24) is 0 Å². The average Bonchev–Trinajstić information content (AvgIpc) is 2.60. The van der Waals surface area contributed by atoms with Gasteiger partial charge in [-0.05, 0) is 19.3 Å². The lowest BCUT2D eigenvalue weighted by molar-refractivity contribution is -0.147. The van der Waals surface area contributed by atoms with Crippen LogP contribution >= 0.6 is 0 Å². The molecule has 0 rings (SSSR count). The minimum atomic E-state index is -0.862. The lowest BCUT2D eigenvalue weighted by Crippen LogP contribution is -2.15. The van der Waals surface area contributed by atoms with Crippen molar-refractivity contribution in [2.75, 3.05) is 39.6 Å². The van der Waals surface area contributed by atoms with Crippen molar-refractivity contribution in [2.24, 2.45) is 0 Å². The summed E-state index contributed by atoms with van der Waals surface area (Å²) in [5.74, 6) is -1.40. The average molecular weight is 376 g/mol. The first-order chi connectivity index (χ1) is 12.6. The molecule has 0 spiro atoms. The van der Waals surface area contributed by atoms with Crippen LogP contribution in [0.2, 0.25) is 0 Å². The first kappa shape index (κ1) is 24.3. The lowest BCUT2D eigenvalue weighted by Gasteiger charge is -2.07. The van der Waals surface area contributed by atoms with E-state index in [9.17, 15) is 14.4 Å². The maximum absolute atomic E-state index is 11.3. The van der Waals surface area contributed by atoms with Gasteiger partial charge < -0.3 is 24.1 Å². The van der Waals surface area contributed by atoms with E-state index in [1.165, 1.54) is 0 Å². The number of carbonyl (C=O) groups is 3. The molecule has 0 amide bonds. The second-order valence-electron chi connectivity index (χ2n) is 5.72. The van der Waals surface area contributed by atoms with Gasteiger partial charge in [-0.2, -0.15) is 0 Å². The lowest BCUT2D eigenvalue weighted by atomic mass is 10.2. The third-order valence-corrected chi connectivity index (χ3v) is 3.36. The molecule has 8 nitrogen and oxygen atoms in total. The van der Waals surface area contributed by atoms with Crippen LogP contribution < -0.4 is 0 Å². The molecule has 0 aromatic rings. The van der Waals surface area contributed by atoms with E-state index in [1.807, 2.05) is 0 Å². The molecule has 0 aromatic carbocycles. The van der Waals surface area contributed by atoms with Crippen molar-refractivity contribution in [3.63, 3.8) is 0 Å². The molecule has 0 aromatic heterocycles. The van der Waals surface area contributed by atoms with Gasteiger partial charge in [-0.1, -0.05) is 19.8 Å². The van der Waals surface area contributed by atoms with Crippen LogP contribution in [-0.4, -0.2) is 62.7 Å². The van der Waals surface area contributed by atoms with Crippen molar-refractivity contribution in [1.29, 1.82) is 0 Å². The zero-order chi connectivity index (χ0) is 19.5. The summed E-state index contributed by atoms with van der Waals surface area (Å²) in [6, 6.07) is 0. The number of rotatable bonds is 18. The van der Waals surface area contributed by atoms with E-state index in [0.717, 1.165) is 19.3 Å². The minimum Gasteiger partial charge on any atom is -0.481 e. The number of esters is 2. The summed E-state index contributed by atoms with van der Waals surface area (Å²) < 4.78 is 20.5. The number of carboxylic acid groups (broad SMARTS) is 1. The molecule has 0 atom stereocenters. The number of hydrogen-bond acceptors (Lipinski definition) is 7. The Morgan fingerprint density at radius 2 is 1.08 bits per heavy atom. The maximum Gasteiger partial charge on any atom is 0.305 e. The minimum absolute atomic E-state index is 0.0639. The molecule has 0 saturated carbocycles. The fraction of sp³-hybridized carbons (Fsp3) is 0.833. The Bertz CT molecular complexity index is 383. The standard InChI is InChI=1S/C18H32O8/c1-2-3-4-8-17(21)25-14-12-23-10-11-24-13-15-26-18(22)9-6-5-7-16(19)20/h2-15H2,1H3,(H,19,20). The normalized spacial score (nSPS) is 10.5. The molecule has 0 fully saturated rings. The second-order valence-corrected chi connectivity index (χ2v) is 5.72. The topological polar surface area (TPSA) is 108 Å². The van der Waals surface area contributed by atoms with E-state index in [0.29, 0.717) is 39.1 Å². The Labute approximate surface area is 155 Å². The van der Waals surface area contributed by atoms with Crippen LogP contribution in [0.4, 0.5) is 0 Å². The molecule has 0 radical (unpaired) electrons. The van der Waals surface area contributed by atoms with Gasteiger partial charge in [0.2, 0.25) is 0 Å². The fourth-order valence-corrected chi connectivity index (χ4v) is 1.96. The second kappa shape index (κ2) is 18.1. The molecule has 0 bridgehead atoms. The molecule has 8 heteroatoms. The number of carboxylic acids is 1. The van der Waals surface area contributed by atoms with Gasteiger partial charge >= 0.3 is 17.9 Å². The quantitative estimate of drug-likeness (QED) is 0.287. The van der Waals surface area contributed by atoms with Gasteiger partial charge in [-0.3, -0.25) is 14.4 Å². The molecule has 0 aliphatic rings. The van der Waals surface area contributed by atoms with E-state index >= 15 is 0 Å². The number of carbonyl (C=O) groups excluding carboxylic acids is 2. The van der Waals surface area contributed by atoms with E-state index in [-0.39, 0.29) is 44.6 Å². The molecule has 1 N–H and O–H groups in total. The summed E-state index contributed by atoms with van der Waals surface area (Å²) in [4.78, 5) is 33.0. The highest BCUT2D eigenvalue weighted by Crippen LogP contribution is 2.01. The molecule has 26 heavy (non-hydrogen) atoms. The van der Waals surface area contributed by atoms with Gasteiger partial charge in [0.1, 0.15) is 13.2 Å². The fourth-order valence-electron chi connectivity index (χ4n) is 1.96. The molecule has 152 valence electrons. The smallest absolute Gasteiger partial charge is 0.305 e. The Kier molecular flexibility index (Phi) is 17.0. The molecule has 0 saturated heterocycles. The molecular formula is C18H32O8. The van der Waals surface area contributed by atoms with Gasteiger partial charge in [0.05, 0.1) is 26.4 Å². The zero-order valence-electron chi connectivity index (χ0n) is 15.7. The number of ether oxygens (including phenoxy) is 4. The highest BCUT2D eigenvalue weighted by atomic mass is 16.6. The third-order valence-electron chi connectivity index (χ3n) is 3.36. The van der Waals surface area contributed by atoms with Gasteiger partial charge in [-0.15, -0.1) is 0 Å². The van der Waals surface area contributed by atoms with Crippen molar-refractivity contribution in [3.8, 4) is 0 Å². The molecule has 0 aliphatic carbocycles. The van der Waals surface area contributed by atoms with E-state index < -0.39 is 5.97 Å². The number of unbranched alkanes of at least 4 members (excludes halogenated alkanes) is 3. The van der Waals surface area contributed by atoms with Gasteiger partial charge in [0, 0.05) is 19.3 Å². The Morgan fingerprint density at radius 3 is 1.54 bits per heavy atom. The van der Waals surface area contributed by atoms with E-state index in [1.54, 1.807) is 0 Å². The van der Waals surface area contributed by atoms with Crippen LogP contribution in [0, 0.1) is 0 Å². The maximum atomic E-state index is 11.3. The van der Waals surface area contributed by atoms with Crippen LogP contribution in [0.5, 0.6) is 0 Å². The van der Waals surface area contributed by atoms with E-state index in [2.05, 4.69) is 6.92 Å². The highest BCUT2D eigenvalue weighted by molar-refractivity contribution is 5.70. The first-order valence-electron chi connectivity index (χ1n) is 9.24. The number of aliphatic carboxylic acids is 1. The third kappa shape index (κ3) is 18.7. The summed E-state index contributed by atoms with van der Waals surface area (Å²) in [6.07, 6.45) is 4.66. The van der Waals surface area contributed by atoms with E-state index in [4.69, 9.17) is 24.1 Å². The summed E-state index contributed by atoms with van der Waals surface area (Å²) >= 11 is 0. The molecular weight excluding hydrogens is 344 g/mol.